The zero-order chi connectivity index (χ0) is 37.4. The Kier molecular flexibility index (Phi) is 10.8. The van der Waals surface area contributed by atoms with Crippen molar-refractivity contribution < 1.29 is 62.6 Å². The first-order chi connectivity index (χ1) is 23.0. The monoisotopic (exact) mass is 732 g/mol. The Morgan fingerprint density at radius 2 is 1.60 bits per heavy atom. The van der Waals surface area contributed by atoms with Crippen LogP contribution in [0.5, 0.6) is 5.88 Å². The zero-order valence-corrected chi connectivity index (χ0v) is 26.5. The molecule has 4 rings (SSSR count). The van der Waals surface area contributed by atoms with Crippen LogP contribution in [0.1, 0.15) is 61.0 Å². The number of carbonyl (C=O) groups excluding carboxylic acids is 2. The molecule has 2 amide bonds. The third-order valence-corrected chi connectivity index (χ3v) is 8.29. The van der Waals surface area contributed by atoms with Crippen LogP contribution in [0.15, 0.2) is 24.3 Å². The van der Waals surface area contributed by atoms with Gasteiger partial charge < -0.3 is 20.7 Å². The molecule has 0 atom stereocenters. The number of alkyl halides is 11. The van der Waals surface area contributed by atoms with Gasteiger partial charge in [0.25, 0.3) is 12.3 Å². The van der Waals surface area contributed by atoms with Gasteiger partial charge in [0, 0.05) is 19.6 Å². The van der Waals surface area contributed by atoms with E-state index in [2.05, 4.69) is 25.9 Å². The molecule has 0 saturated heterocycles. The predicted molar refractivity (Wildman–Crippen MR) is 156 cm³/mol. The normalized spacial score (nSPS) is 17.6. The fourth-order valence-electron chi connectivity index (χ4n) is 5.15. The third-order valence-electron chi connectivity index (χ3n) is 8.29. The first-order valence-corrected chi connectivity index (χ1v) is 15.0. The highest BCUT2D eigenvalue weighted by atomic mass is 19.4. The van der Waals surface area contributed by atoms with Gasteiger partial charge in [0.2, 0.25) is 17.7 Å². The van der Waals surface area contributed by atoms with E-state index in [0.717, 1.165) is 22.8 Å². The Morgan fingerprint density at radius 3 is 2.16 bits per heavy atom. The molecule has 0 aliphatic heterocycles. The molecule has 2 heterocycles. The van der Waals surface area contributed by atoms with Gasteiger partial charge in [-0.3, -0.25) is 14.2 Å². The number of aryl methyl sites for hydroxylation is 1. The van der Waals surface area contributed by atoms with Crippen LogP contribution in [-0.2, 0) is 24.6 Å². The quantitative estimate of drug-likeness (QED) is 0.187. The lowest BCUT2D eigenvalue weighted by atomic mass is 9.85. The molecule has 1 saturated carbocycles. The SMILES string of the molecule is Cn1c(Nc2cc(CNC(=O)C(C)(C)C(F)(F)F)ccc2C(F)(F)F)nc2cc(C(=O)N[C@H]3CC[C@H](C(F)(F)F)CC3)c(OCC(F)F)nc21. The fraction of sp³-hybridized carbons (Fsp3) is 0.533. The fourth-order valence-corrected chi connectivity index (χ4v) is 5.15. The van der Waals surface area contributed by atoms with Crippen molar-refractivity contribution in [2.75, 3.05) is 11.9 Å². The minimum absolute atomic E-state index is 0.0131. The van der Waals surface area contributed by atoms with Gasteiger partial charge in [-0.25, -0.2) is 13.8 Å². The van der Waals surface area contributed by atoms with Gasteiger partial charge in [-0.1, -0.05) is 6.07 Å². The van der Waals surface area contributed by atoms with Crippen LogP contribution in [-0.4, -0.2) is 57.8 Å². The number of fused-ring (bicyclic) bond motifs is 1. The first kappa shape index (κ1) is 38.4. The average molecular weight is 733 g/mol. The molecule has 0 unspecified atom stereocenters. The van der Waals surface area contributed by atoms with E-state index < -0.39 is 90.0 Å². The molecule has 1 fully saturated rings. The summed E-state index contributed by atoms with van der Waals surface area (Å²) < 4.78 is 153. The molecule has 3 N–H and O–H groups in total. The number of nitrogens with zero attached hydrogens (tertiary/aromatic N) is 3. The number of hydrogen-bond donors (Lipinski definition) is 3. The minimum atomic E-state index is -4.94. The number of halogens is 11. The second-order valence-corrected chi connectivity index (χ2v) is 12.3. The summed E-state index contributed by atoms with van der Waals surface area (Å²) in [5, 5.41) is 7.07. The van der Waals surface area contributed by atoms with Gasteiger partial charge in [0.15, 0.2) is 12.3 Å². The summed E-state index contributed by atoms with van der Waals surface area (Å²) in [5.74, 6) is -4.76. The van der Waals surface area contributed by atoms with E-state index in [-0.39, 0.29) is 48.4 Å². The Balaban J connectivity index is 1.64. The van der Waals surface area contributed by atoms with Gasteiger partial charge in [0.1, 0.15) is 16.5 Å². The van der Waals surface area contributed by atoms with Crippen molar-refractivity contribution in [3.8, 4) is 5.88 Å². The number of benzene rings is 1. The average Bonchev–Trinajstić information content (AvgIpc) is 3.30. The van der Waals surface area contributed by atoms with Crippen molar-refractivity contribution in [1.82, 2.24) is 25.2 Å². The molecular weight excluding hydrogens is 701 g/mol. The second kappa shape index (κ2) is 14.1. The summed E-state index contributed by atoms with van der Waals surface area (Å²) in [7, 11) is 1.29. The minimum Gasteiger partial charge on any atom is -0.471 e. The van der Waals surface area contributed by atoms with Crippen molar-refractivity contribution in [1.29, 1.82) is 0 Å². The first-order valence-electron chi connectivity index (χ1n) is 15.0. The molecule has 1 aromatic carbocycles. The standard InChI is InChI=1S/C30H31F11N6O3/c1-27(2,30(39,40)41)25(49)42-12-14-4-9-18(29(36,37)38)19(10-14)44-26-45-20-11-17(24(50-13-21(31)32)46-22(20)47(26)3)23(48)43-16-7-5-15(6-8-16)28(33,34)35/h4,9-11,15-16,21H,5-8,12-13H2,1-3H3,(H,42,49)(H,43,48)(H,44,45)/t15-,16-. The predicted octanol–water partition coefficient (Wildman–Crippen LogP) is 7.43. The summed E-state index contributed by atoms with van der Waals surface area (Å²) in [5.41, 5.74) is -5.31. The molecule has 0 spiro atoms. The van der Waals surface area contributed by atoms with Gasteiger partial charge in [0.05, 0.1) is 17.2 Å². The van der Waals surface area contributed by atoms with Crippen molar-refractivity contribution >= 4 is 34.6 Å². The van der Waals surface area contributed by atoms with Crippen molar-refractivity contribution in [2.45, 2.75) is 77.1 Å². The van der Waals surface area contributed by atoms with Crippen LogP contribution >= 0.6 is 0 Å². The number of aromatic nitrogens is 3. The van der Waals surface area contributed by atoms with E-state index >= 15 is 0 Å². The second-order valence-electron chi connectivity index (χ2n) is 12.3. The Hall–Kier alpha value is -4.39. The number of amides is 2. The largest absolute Gasteiger partial charge is 0.471 e. The Bertz CT molecular complexity index is 1710. The maximum Gasteiger partial charge on any atom is 0.418 e. The van der Waals surface area contributed by atoms with E-state index in [4.69, 9.17) is 4.74 Å². The Labute approximate surface area is 276 Å². The molecule has 9 nitrogen and oxygen atoms in total. The summed E-state index contributed by atoms with van der Waals surface area (Å²) >= 11 is 0. The summed E-state index contributed by atoms with van der Waals surface area (Å²) in [6.07, 6.45) is -17.7. The lowest BCUT2D eigenvalue weighted by Gasteiger charge is -2.30. The van der Waals surface area contributed by atoms with Crippen molar-refractivity contribution in [3.63, 3.8) is 0 Å². The number of rotatable bonds is 10. The van der Waals surface area contributed by atoms with E-state index in [0.29, 0.717) is 19.9 Å². The summed E-state index contributed by atoms with van der Waals surface area (Å²) in [6.45, 7) is -0.486. The molecule has 3 aromatic rings. The maximum atomic E-state index is 14.0. The maximum absolute atomic E-state index is 14.0. The van der Waals surface area contributed by atoms with E-state index in [1.165, 1.54) is 7.05 Å². The molecule has 0 radical (unpaired) electrons. The van der Waals surface area contributed by atoms with Gasteiger partial charge >= 0.3 is 18.5 Å². The van der Waals surface area contributed by atoms with Crippen molar-refractivity contribution in [2.24, 2.45) is 18.4 Å². The number of pyridine rings is 1. The summed E-state index contributed by atoms with van der Waals surface area (Å²) in [4.78, 5) is 33.7. The third kappa shape index (κ3) is 8.66. The van der Waals surface area contributed by atoms with Crippen LogP contribution in [0.3, 0.4) is 0 Å². The molecule has 20 heteroatoms. The molecule has 0 bridgehead atoms. The summed E-state index contributed by atoms with van der Waals surface area (Å²) in [6, 6.07) is 2.92. The Morgan fingerprint density at radius 1 is 0.960 bits per heavy atom. The van der Waals surface area contributed by atoms with E-state index in [1.54, 1.807) is 0 Å². The molecule has 1 aliphatic rings. The van der Waals surface area contributed by atoms with Crippen LogP contribution in [0, 0.1) is 11.3 Å². The highest BCUT2D eigenvalue weighted by molar-refractivity contribution is 5.99. The lowest BCUT2D eigenvalue weighted by Crippen LogP contribution is -2.46. The number of ether oxygens (including phenoxy) is 1. The van der Waals surface area contributed by atoms with Crippen molar-refractivity contribution in [3.05, 3.63) is 41.0 Å². The van der Waals surface area contributed by atoms with Crippen LogP contribution in [0.4, 0.5) is 59.9 Å². The molecular formula is C30H31F11N6O3. The number of anilines is 2. The van der Waals surface area contributed by atoms with E-state index in [9.17, 15) is 57.9 Å². The van der Waals surface area contributed by atoms with Gasteiger partial charge in [-0.2, -0.15) is 44.5 Å². The highest BCUT2D eigenvalue weighted by Crippen LogP contribution is 2.40. The van der Waals surface area contributed by atoms with Crippen LogP contribution < -0.4 is 20.7 Å². The number of imidazole rings is 1. The highest BCUT2D eigenvalue weighted by Gasteiger charge is 2.52. The number of carbonyl (C=O) groups is 2. The number of nitrogens with one attached hydrogen (secondary N) is 3. The smallest absolute Gasteiger partial charge is 0.418 e. The molecule has 50 heavy (non-hydrogen) atoms. The molecule has 2 aromatic heterocycles. The number of hydrogen-bond acceptors (Lipinski definition) is 6. The van der Waals surface area contributed by atoms with E-state index in [1.807, 2.05) is 0 Å². The topological polar surface area (TPSA) is 110 Å². The molecule has 276 valence electrons. The lowest BCUT2D eigenvalue weighted by molar-refractivity contribution is -0.211. The van der Waals surface area contributed by atoms with Crippen LogP contribution in [0.2, 0.25) is 0 Å². The van der Waals surface area contributed by atoms with Gasteiger partial charge in [-0.15, -0.1) is 0 Å². The molecule has 1 aliphatic carbocycles. The zero-order valence-electron chi connectivity index (χ0n) is 26.5. The van der Waals surface area contributed by atoms with Gasteiger partial charge in [-0.05, 0) is 63.3 Å². The van der Waals surface area contributed by atoms with Crippen LogP contribution in [0.25, 0.3) is 11.2 Å².